The smallest absolute Gasteiger partial charge is 0.264 e. The van der Waals surface area contributed by atoms with Crippen LogP contribution in [-0.4, -0.2) is 39.6 Å². The van der Waals surface area contributed by atoms with E-state index in [-0.39, 0.29) is 23.8 Å². The lowest BCUT2D eigenvalue weighted by Gasteiger charge is -2.25. The van der Waals surface area contributed by atoms with Gasteiger partial charge >= 0.3 is 0 Å². The summed E-state index contributed by atoms with van der Waals surface area (Å²) < 4.78 is 12.8. The van der Waals surface area contributed by atoms with Gasteiger partial charge in [-0.15, -0.1) is 0 Å². The van der Waals surface area contributed by atoms with Crippen molar-refractivity contribution in [2.75, 3.05) is 19.0 Å². The lowest BCUT2D eigenvalue weighted by molar-refractivity contribution is -0.116. The highest BCUT2D eigenvalue weighted by molar-refractivity contribution is 5.95. The fourth-order valence-corrected chi connectivity index (χ4v) is 3.67. The van der Waals surface area contributed by atoms with Gasteiger partial charge in [0.2, 0.25) is 5.91 Å². The number of rotatable bonds is 6. The minimum absolute atomic E-state index is 0.135. The number of nitrogens with zero attached hydrogens (tertiary/aromatic N) is 3. The first-order valence-corrected chi connectivity index (χ1v) is 9.78. The number of nitrogens with one attached hydrogen (secondary N) is 2. The summed E-state index contributed by atoms with van der Waals surface area (Å²) >= 11 is 0. The molecule has 9 heteroatoms. The number of aromatic amines is 1. The van der Waals surface area contributed by atoms with Crippen molar-refractivity contribution in [3.05, 3.63) is 69.7 Å². The van der Waals surface area contributed by atoms with Gasteiger partial charge in [0.05, 0.1) is 12.8 Å². The van der Waals surface area contributed by atoms with Crippen LogP contribution in [0.4, 0.5) is 5.82 Å². The summed E-state index contributed by atoms with van der Waals surface area (Å²) in [5.41, 5.74) is 3.15. The number of carbonyl (C=O) groups excluding carboxylic acids is 1. The monoisotopic (exact) mass is 421 g/mol. The molecule has 2 aromatic heterocycles. The van der Waals surface area contributed by atoms with E-state index in [1.165, 1.54) is 10.7 Å². The van der Waals surface area contributed by atoms with Gasteiger partial charge in [0.1, 0.15) is 12.4 Å². The van der Waals surface area contributed by atoms with Crippen LogP contribution in [0.5, 0.6) is 11.5 Å². The van der Waals surface area contributed by atoms with Crippen LogP contribution in [0.25, 0.3) is 5.82 Å². The Balaban J connectivity index is 1.77. The first kappa shape index (κ1) is 20.4. The molecule has 0 aliphatic carbocycles. The van der Waals surface area contributed by atoms with Gasteiger partial charge in [0.25, 0.3) is 5.56 Å². The Hall–Kier alpha value is -3.88. The highest BCUT2D eigenvalue weighted by Gasteiger charge is 2.33. The molecule has 4 rings (SSSR count). The quantitative estimate of drug-likeness (QED) is 0.592. The zero-order chi connectivity index (χ0) is 22.1. The van der Waals surface area contributed by atoms with E-state index in [2.05, 4.69) is 27.2 Å². The van der Waals surface area contributed by atoms with Gasteiger partial charge in [-0.3, -0.25) is 9.59 Å². The van der Waals surface area contributed by atoms with Crippen molar-refractivity contribution < 1.29 is 14.3 Å². The molecule has 0 saturated carbocycles. The number of ether oxygens (including phenoxy) is 2. The average molecular weight is 421 g/mol. The molecule has 0 spiro atoms. The zero-order valence-electron chi connectivity index (χ0n) is 17.6. The van der Waals surface area contributed by atoms with E-state index in [0.29, 0.717) is 29.7 Å². The van der Waals surface area contributed by atoms with Crippen LogP contribution < -0.4 is 20.3 Å². The van der Waals surface area contributed by atoms with E-state index in [9.17, 15) is 9.59 Å². The third kappa shape index (κ3) is 3.94. The summed E-state index contributed by atoms with van der Waals surface area (Å²) in [6, 6.07) is 8.57. The molecule has 1 amide bonds. The van der Waals surface area contributed by atoms with E-state index >= 15 is 0 Å². The molecular formula is C22H23N5O4. The average Bonchev–Trinajstić information content (AvgIpc) is 3.08. The summed E-state index contributed by atoms with van der Waals surface area (Å²) in [6.07, 6.45) is 0.272. The normalized spacial score (nSPS) is 15.2. The third-order valence-corrected chi connectivity index (χ3v) is 5.05. The number of fused-ring (bicyclic) bond motifs is 1. The van der Waals surface area contributed by atoms with Crippen molar-refractivity contribution in [3.63, 3.8) is 0 Å². The lowest BCUT2D eigenvalue weighted by atomic mass is 9.85. The second-order valence-electron chi connectivity index (χ2n) is 7.50. The molecule has 1 aliphatic rings. The Morgan fingerprint density at radius 3 is 2.74 bits per heavy atom. The first-order chi connectivity index (χ1) is 14.9. The van der Waals surface area contributed by atoms with Crippen LogP contribution in [0.15, 0.2) is 47.3 Å². The standard InChI is InChI=1S/C22H23N5O4/c1-12(2)11-31-16-6-5-14(9-17(16)30-4)15-10-20(29)23-22-21(15)13(3)26-27(22)18-7-8-19(28)25-24-18/h5-9,15H,1,10-11H2,2-4H3,(H,23,29)(H,25,28)/t15-/m1/s1. The number of anilines is 1. The Morgan fingerprint density at radius 2 is 2.06 bits per heavy atom. The number of benzene rings is 1. The number of hydrogen-bond acceptors (Lipinski definition) is 6. The van der Waals surface area contributed by atoms with Gasteiger partial charge in [-0.25, -0.2) is 5.10 Å². The summed E-state index contributed by atoms with van der Waals surface area (Å²) in [6.45, 7) is 8.01. The predicted molar refractivity (Wildman–Crippen MR) is 115 cm³/mol. The molecule has 1 aliphatic heterocycles. The Bertz CT molecular complexity index is 1210. The first-order valence-electron chi connectivity index (χ1n) is 9.78. The highest BCUT2D eigenvalue weighted by atomic mass is 16.5. The number of hydrogen-bond donors (Lipinski definition) is 2. The molecular weight excluding hydrogens is 398 g/mol. The summed E-state index contributed by atoms with van der Waals surface area (Å²) in [5.74, 6) is 1.79. The van der Waals surface area contributed by atoms with E-state index in [0.717, 1.165) is 22.4 Å². The van der Waals surface area contributed by atoms with Crippen LogP contribution in [0.1, 0.15) is 36.1 Å². The Morgan fingerprint density at radius 1 is 1.26 bits per heavy atom. The number of aryl methyl sites for hydroxylation is 1. The fraction of sp³-hybridized carbons (Fsp3) is 0.273. The number of aromatic nitrogens is 4. The maximum absolute atomic E-state index is 12.6. The summed E-state index contributed by atoms with van der Waals surface area (Å²) in [5, 5.41) is 13.9. The molecule has 0 fully saturated rings. The molecule has 3 aromatic rings. The highest BCUT2D eigenvalue weighted by Crippen LogP contribution is 2.42. The molecule has 0 saturated heterocycles. The molecule has 9 nitrogen and oxygen atoms in total. The van der Waals surface area contributed by atoms with Crippen LogP contribution in [0.2, 0.25) is 0 Å². The van der Waals surface area contributed by atoms with Crippen molar-refractivity contribution in [1.82, 2.24) is 20.0 Å². The maximum atomic E-state index is 12.6. The molecule has 0 bridgehead atoms. The third-order valence-electron chi connectivity index (χ3n) is 5.05. The molecule has 160 valence electrons. The molecule has 1 atom stereocenters. The molecule has 1 aromatic carbocycles. The van der Waals surface area contributed by atoms with Crippen molar-refractivity contribution in [1.29, 1.82) is 0 Å². The van der Waals surface area contributed by atoms with E-state index in [1.807, 2.05) is 32.0 Å². The molecule has 31 heavy (non-hydrogen) atoms. The second-order valence-corrected chi connectivity index (χ2v) is 7.50. The van der Waals surface area contributed by atoms with Crippen LogP contribution in [0, 0.1) is 6.92 Å². The minimum Gasteiger partial charge on any atom is -0.493 e. The van der Waals surface area contributed by atoms with Crippen molar-refractivity contribution in [2.45, 2.75) is 26.2 Å². The number of amides is 1. The SMILES string of the molecule is C=C(C)COc1ccc([C@H]2CC(=O)Nc3c2c(C)nn3-c2ccc(=O)[nH]n2)cc1OC. The molecule has 0 unspecified atom stereocenters. The van der Waals surface area contributed by atoms with Gasteiger partial charge in [-0.2, -0.15) is 14.9 Å². The van der Waals surface area contributed by atoms with Crippen LogP contribution in [-0.2, 0) is 4.79 Å². The van der Waals surface area contributed by atoms with Crippen LogP contribution in [0.3, 0.4) is 0 Å². The number of methoxy groups -OCH3 is 1. The Labute approximate surface area is 178 Å². The van der Waals surface area contributed by atoms with E-state index in [1.54, 1.807) is 13.2 Å². The van der Waals surface area contributed by atoms with E-state index < -0.39 is 0 Å². The van der Waals surface area contributed by atoms with Gasteiger partial charge in [0, 0.05) is 24.0 Å². The van der Waals surface area contributed by atoms with Crippen molar-refractivity contribution >= 4 is 11.7 Å². The van der Waals surface area contributed by atoms with Crippen molar-refractivity contribution in [2.24, 2.45) is 0 Å². The molecule has 2 N–H and O–H groups in total. The van der Waals surface area contributed by atoms with Gasteiger partial charge in [-0.1, -0.05) is 12.6 Å². The predicted octanol–water partition coefficient (Wildman–Crippen LogP) is 2.70. The van der Waals surface area contributed by atoms with E-state index in [4.69, 9.17) is 9.47 Å². The van der Waals surface area contributed by atoms with Gasteiger partial charge in [0.15, 0.2) is 17.3 Å². The molecule has 3 heterocycles. The minimum atomic E-state index is -0.315. The summed E-state index contributed by atoms with van der Waals surface area (Å²) in [4.78, 5) is 23.9. The molecule has 0 radical (unpaired) electrons. The maximum Gasteiger partial charge on any atom is 0.264 e. The fourth-order valence-electron chi connectivity index (χ4n) is 3.67. The lowest BCUT2D eigenvalue weighted by Crippen LogP contribution is -2.25. The number of carbonyl (C=O) groups is 1. The van der Waals surface area contributed by atoms with Crippen molar-refractivity contribution in [3.8, 4) is 17.3 Å². The Kier molecular flexibility index (Phi) is 5.33. The largest absolute Gasteiger partial charge is 0.493 e. The second kappa shape index (κ2) is 8.10. The zero-order valence-corrected chi connectivity index (χ0v) is 17.6. The van der Waals surface area contributed by atoms with Gasteiger partial charge < -0.3 is 14.8 Å². The van der Waals surface area contributed by atoms with Gasteiger partial charge in [-0.05, 0) is 43.2 Å². The number of H-pyrrole nitrogens is 1. The van der Waals surface area contributed by atoms with Crippen LogP contribution >= 0.6 is 0 Å². The summed E-state index contributed by atoms with van der Waals surface area (Å²) in [7, 11) is 1.58. The topological polar surface area (TPSA) is 111 Å².